The Kier molecular flexibility index (Phi) is 5.72. The lowest BCUT2D eigenvalue weighted by molar-refractivity contribution is -0.154. The number of nitrogens with zero attached hydrogens (tertiary/aromatic N) is 2. The molecule has 1 rings (SSSR count). The second-order valence-electron chi connectivity index (χ2n) is 4.69. The molecule has 22 heavy (non-hydrogen) atoms. The number of likely N-dealkylation sites (N-methyl/N-ethyl adjacent to an activating group) is 1. The van der Waals surface area contributed by atoms with Crippen molar-refractivity contribution in [2.45, 2.75) is 19.1 Å². The second kappa shape index (κ2) is 7.10. The third kappa shape index (κ3) is 5.23. The zero-order valence-corrected chi connectivity index (χ0v) is 12.3. The summed E-state index contributed by atoms with van der Waals surface area (Å²) in [5.41, 5.74) is -0.176. The Morgan fingerprint density at radius 3 is 2.59 bits per heavy atom. The molecule has 0 spiro atoms. The SMILES string of the molecule is CC(NC(=O)c1cccnc1OCC(F)(F)F)C(=O)N(C)C. The highest BCUT2D eigenvalue weighted by atomic mass is 19.4. The molecule has 0 aliphatic rings. The van der Waals surface area contributed by atoms with Gasteiger partial charge in [-0.25, -0.2) is 4.98 Å². The number of alkyl halides is 3. The fourth-order valence-corrected chi connectivity index (χ4v) is 1.55. The van der Waals surface area contributed by atoms with E-state index in [1.165, 1.54) is 44.2 Å². The first-order valence-corrected chi connectivity index (χ1v) is 6.28. The van der Waals surface area contributed by atoms with Crippen molar-refractivity contribution in [2.24, 2.45) is 0 Å². The van der Waals surface area contributed by atoms with Gasteiger partial charge in [-0.15, -0.1) is 0 Å². The summed E-state index contributed by atoms with van der Waals surface area (Å²) in [7, 11) is 3.04. The van der Waals surface area contributed by atoms with Gasteiger partial charge in [0.1, 0.15) is 11.6 Å². The van der Waals surface area contributed by atoms with E-state index in [-0.39, 0.29) is 11.5 Å². The molecule has 1 heterocycles. The predicted molar refractivity (Wildman–Crippen MR) is 71.4 cm³/mol. The topological polar surface area (TPSA) is 71.5 Å². The number of pyridine rings is 1. The van der Waals surface area contributed by atoms with Gasteiger partial charge in [0, 0.05) is 20.3 Å². The van der Waals surface area contributed by atoms with Crippen LogP contribution in [0.1, 0.15) is 17.3 Å². The van der Waals surface area contributed by atoms with E-state index in [2.05, 4.69) is 15.0 Å². The quantitative estimate of drug-likeness (QED) is 0.886. The average molecular weight is 319 g/mol. The van der Waals surface area contributed by atoms with Crippen molar-refractivity contribution < 1.29 is 27.5 Å². The number of rotatable bonds is 5. The van der Waals surface area contributed by atoms with Crippen molar-refractivity contribution in [3.8, 4) is 5.88 Å². The Bertz CT molecular complexity index is 547. The molecular weight excluding hydrogens is 303 g/mol. The summed E-state index contributed by atoms with van der Waals surface area (Å²) in [6.07, 6.45) is -3.34. The van der Waals surface area contributed by atoms with Crippen LogP contribution in [-0.2, 0) is 4.79 Å². The maximum absolute atomic E-state index is 12.2. The molecule has 0 aliphatic carbocycles. The van der Waals surface area contributed by atoms with Crippen LogP contribution in [0.25, 0.3) is 0 Å². The van der Waals surface area contributed by atoms with Gasteiger partial charge in [-0.1, -0.05) is 0 Å². The van der Waals surface area contributed by atoms with E-state index in [0.717, 1.165) is 0 Å². The number of ether oxygens (including phenoxy) is 1. The Balaban J connectivity index is 2.83. The molecule has 6 nitrogen and oxygen atoms in total. The van der Waals surface area contributed by atoms with Crippen LogP contribution in [-0.4, -0.2) is 54.6 Å². The summed E-state index contributed by atoms with van der Waals surface area (Å²) >= 11 is 0. The molecule has 122 valence electrons. The Labute approximate surface area is 125 Å². The molecule has 2 amide bonds. The van der Waals surface area contributed by atoms with Gasteiger partial charge in [-0.3, -0.25) is 9.59 Å². The molecule has 1 atom stereocenters. The minimum absolute atomic E-state index is 0.176. The number of carbonyl (C=O) groups is 2. The second-order valence-corrected chi connectivity index (χ2v) is 4.69. The molecular formula is C13H16F3N3O3. The Hall–Kier alpha value is -2.32. The van der Waals surface area contributed by atoms with Crippen LogP contribution >= 0.6 is 0 Å². The van der Waals surface area contributed by atoms with Crippen LogP contribution in [0.4, 0.5) is 13.2 Å². The Morgan fingerprint density at radius 1 is 1.41 bits per heavy atom. The molecule has 1 N–H and O–H groups in total. The summed E-state index contributed by atoms with van der Waals surface area (Å²) in [6.45, 7) is -0.0939. The van der Waals surface area contributed by atoms with Gasteiger partial charge >= 0.3 is 6.18 Å². The molecule has 1 aromatic rings. The number of amides is 2. The molecule has 0 aliphatic heterocycles. The normalized spacial score (nSPS) is 12.5. The number of nitrogens with one attached hydrogen (secondary N) is 1. The first kappa shape index (κ1) is 17.7. The summed E-state index contributed by atoms with van der Waals surface area (Å²) in [5.74, 6) is -1.54. The lowest BCUT2D eigenvalue weighted by Crippen LogP contribution is -2.44. The Morgan fingerprint density at radius 2 is 2.05 bits per heavy atom. The van der Waals surface area contributed by atoms with Crippen molar-refractivity contribution in [2.75, 3.05) is 20.7 Å². The molecule has 9 heteroatoms. The third-order valence-corrected chi connectivity index (χ3v) is 2.55. The van der Waals surface area contributed by atoms with E-state index in [9.17, 15) is 22.8 Å². The lowest BCUT2D eigenvalue weighted by Gasteiger charge is -2.18. The lowest BCUT2D eigenvalue weighted by atomic mass is 10.2. The first-order valence-electron chi connectivity index (χ1n) is 6.28. The zero-order valence-electron chi connectivity index (χ0n) is 12.3. The van der Waals surface area contributed by atoms with Crippen molar-refractivity contribution in [1.29, 1.82) is 0 Å². The van der Waals surface area contributed by atoms with Crippen LogP contribution < -0.4 is 10.1 Å². The van der Waals surface area contributed by atoms with E-state index in [1.54, 1.807) is 0 Å². The average Bonchev–Trinajstić information content (AvgIpc) is 2.43. The monoisotopic (exact) mass is 319 g/mol. The number of hydrogen-bond acceptors (Lipinski definition) is 4. The minimum Gasteiger partial charge on any atom is -0.467 e. The van der Waals surface area contributed by atoms with Crippen LogP contribution in [0.15, 0.2) is 18.3 Å². The maximum atomic E-state index is 12.2. The molecule has 0 bridgehead atoms. The van der Waals surface area contributed by atoms with E-state index in [0.29, 0.717) is 0 Å². The van der Waals surface area contributed by atoms with E-state index in [1.807, 2.05) is 0 Å². The molecule has 1 unspecified atom stereocenters. The van der Waals surface area contributed by atoms with Crippen molar-refractivity contribution >= 4 is 11.8 Å². The van der Waals surface area contributed by atoms with Gasteiger partial charge in [-0.05, 0) is 19.1 Å². The summed E-state index contributed by atoms with van der Waals surface area (Å²) < 4.78 is 41.0. The summed E-state index contributed by atoms with van der Waals surface area (Å²) in [6, 6.07) is 1.81. The number of hydrogen-bond donors (Lipinski definition) is 1. The van der Waals surface area contributed by atoms with E-state index in [4.69, 9.17) is 0 Å². The molecule has 0 saturated carbocycles. The first-order chi connectivity index (χ1) is 10.1. The van der Waals surface area contributed by atoms with E-state index < -0.39 is 30.6 Å². The van der Waals surface area contributed by atoms with Crippen LogP contribution in [0.5, 0.6) is 5.88 Å². The van der Waals surface area contributed by atoms with Gasteiger partial charge < -0.3 is 15.0 Å². The molecule has 0 fully saturated rings. The minimum atomic E-state index is -4.54. The van der Waals surface area contributed by atoms with Crippen LogP contribution in [0.2, 0.25) is 0 Å². The maximum Gasteiger partial charge on any atom is 0.422 e. The van der Waals surface area contributed by atoms with Gasteiger partial charge in [0.2, 0.25) is 11.8 Å². The smallest absolute Gasteiger partial charge is 0.422 e. The zero-order chi connectivity index (χ0) is 16.9. The van der Waals surface area contributed by atoms with Crippen molar-refractivity contribution in [3.05, 3.63) is 23.9 Å². The van der Waals surface area contributed by atoms with Gasteiger partial charge in [0.25, 0.3) is 5.91 Å². The number of carbonyl (C=O) groups excluding carboxylic acids is 2. The van der Waals surface area contributed by atoms with Crippen LogP contribution in [0.3, 0.4) is 0 Å². The summed E-state index contributed by atoms with van der Waals surface area (Å²) in [5, 5.41) is 2.38. The van der Waals surface area contributed by atoms with Crippen molar-refractivity contribution in [3.63, 3.8) is 0 Å². The highest BCUT2D eigenvalue weighted by Crippen LogP contribution is 2.20. The fraction of sp³-hybridized carbons (Fsp3) is 0.462. The number of aromatic nitrogens is 1. The molecule has 0 radical (unpaired) electrons. The van der Waals surface area contributed by atoms with Crippen LogP contribution in [0, 0.1) is 0 Å². The summed E-state index contributed by atoms with van der Waals surface area (Å²) in [4.78, 5) is 28.6. The van der Waals surface area contributed by atoms with Gasteiger partial charge in [0.05, 0.1) is 0 Å². The molecule has 1 aromatic heterocycles. The van der Waals surface area contributed by atoms with Gasteiger partial charge in [-0.2, -0.15) is 13.2 Å². The fourth-order valence-electron chi connectivity index (χ4n) is 1.55. The largest absolute Gasteiger partial charge is 0.467 e. The highest BCUT2D eigenvalue weighted by Gasteiger charge is 2.30. The third-order valence-electron chi connectivity index (χ3n) is 2.55. The van der Waals surface area contributed by atoms with E-state index >= 15 is 0 Å². The molecule has 0 aromatic carbocycles. The highest BCUT2D eigenvalue weighted by molar-refractivity contribution is 5.99. The molecule has 0 saturated heterocycles. The number of halogens is 3. The predicted octanol–water partition coefficient (Wildman–Crippen LogP) is 1.23. The standard InChI is InChI=1S/C13H16F3N3O3/c1-8(12(21)19(2)3)18-10(20)9-5-4-6-17-11(9)22-7-13(14,15)16/h4-6,8H,7H2,1-3H3,(H,18,20). The van der Waals surface area contributed by atoms with Crippen molar-refractivity contribution in [1.82, 2.24) is 15.2 Å². The van der Waals surface area contributed by atoms with Gasteiger partial charge in [0.15, 0.2) is 6.61 Å².